The van der Waals surface area contributed by atoms with Crippen molar-refractivity contribution in [2.24, 2.45) is 7.05 Å². The Balaban J connectivity index is 1.62. The Morgan fingerprint density at radius 1 is 1.38 bits per heavy atom. The summed E-state index contributed by atoms with van der Waals surface area (Å²) in [4.78, 5) is 19.3. The molecule has 24 heavy (non-hydrogen) atoms. The van der Waals surface area contributed by atoms with E-state index in [1.54, 1.807) is 0 Å². The van der Waals surface area contributed by atoms with Crippen LogP contribution in [-0.2, 0) is 18.3 Å². The summed E-state index contributed by atoms with van der Waals surface area (Å²) in [6.07, 6.45) is 5.39. The Labute approximate surface area is 142 Å². The van der Waals surface area contributed by atoms with Gasteiger partial charge < -0.3 is 14.0 Å². The van der Waals surface area contributed by atoms with Crippen molar-refractivity contribution in [1.29, 1.82) is 0 Å². The molecule has 0 radical (unpaired) electrons. The first kappa shape index (κ1) is 16.7. The Morgan fingerprint density at radius 2 is 2.17 bits per heavy atom. The van der Waals surface area contributed by atoms with Crippen LogP contribution in [0.25, 0.3) is 0 Å². The highest BCUT2D eigenvalue weighted by molar-refractivity contribution is 5.76. The highest BCUT2D eigenvalue weighted by Gasteiger charge is 2.27. The molecular weight excluding hydrogens is 304 g/mol. The van der Waals surface area contributed by atoms with Gasteiger partial charge in [-0.05, 0) is 40.0 Å². The molecule has 1 aliphatic heterocycles. The van der Waals surface area contributed by atoms with Crippen molar-refractivity contribution in [3.63, 3.8) is 0 Å². The summed E-state index contributed by atoms with van der Waals surface area (Å²) < 4.78 is 7.27. The number of hydrogen-bond donors (Lipinski definition) is 0. The van der Waals surface area contributed by atoms with Crippen LogP contribution in [0.2, 0.25) is 0 Å². The molecule has 1 saturated heterocycles. The Bertz CT molecular complexity index is 712. The number of piperidine rings is 1. The van der Waals surface area contributed by atoms with E-state index in [9.17, 15) is 4.79 Å². The normalized spacial score (nSPS) is 18.2. The largest absolute Gasteiger partial charge is 0.361 e. The number of hydrogen-bond acceptors (Lipinski definition) is 4. The summed E-state index contributed by atoms with van der Waals surface area (Å²) in [7, 11) is 2.04. The topological polar surface area (TPSA) is 64.2 Å². The number of imidazole rings is 1. The summed E-state index contributed by atoms with van der Waals surface area (Å²) in [6.45, 7) is 7.46. The number of nitrogens with zero attached hydrogens (tertiary/aromatic N) is 4. The van der Waals surface area contributed by atoms with Crippen LogP contribution in [0.15, 0.2) is 10.7 Å². The number of carbonyl (C=O) groups is 1. The first-order valence-electron chi connectivity index (χ1n) is 8.65. The standard InChI is InChI=1S/C18H26N4O2/c1-12-10-21(4)18(19-12)15-6-5-9-22(11-15)17(23)8-7-16-13(2)20-24-14(16)3/h10,15H,5-9,11H2,1-4H3. The maximum atomic E-state index is 12.6. The van der Waals surface area contributed by atoms with E-state index in [4.69, 9.17) is 4.52 Å². The zero-order valence-electron chi connectivity index (χ0n) is 15.0. The molecule has 1 atom stereocenters. The number of amides is 1. The molecule has 2 aromatic heterocycles. The molecule has 1 aliphatic rings. The van der Waals surface area contributed by atoms with E-state index in [2.05, 4.69) is 14.7 Å². The second kappa shape index (κ2) is 6.79. The number of aryl methyl sites for hydroxylation is 4. The molecule has 0 spiro atoms. The van der Waals surface area contributed by atoms with Gasteiger partial charge in [-0.15, -0.1) is 0 Å². The van der Waals surface area contributed by atoms with E-state index >= 15 is 0 Å². The zero-order chi connectivity index (χ0) is 17.3. The quantitative estimate of drug-likeness (QED) is 0.864. The molecule has 1 amide bonds. The lowest BCUT2D eigenvalue weighted by molar-refractivity contribution is -0.132. The van der Waals surface area contributed by atoms with E-state index in [1.807, 2.05) is 38.9 Å². The van der Waals surface area contributed by atoms with Gasteiger partial charge >= 0.3 is 0 Å². The Kier molecular flexibility index (Phi) is 4.73. The zero-order valence-corrected chi connectivity index (χ0v) is 15.0. The number of carbonyl (C=O) groups excluding carboxylic acids is 1. The van der Waals surface area contributed by atoms with Gasteiger partial charge in [-0.2, -0.15) is 0 Å². The lowest BCUT2D eigenvalue weighted by atomic mass is 9.96. The van der Waals surface area contributed by atoms with Gasteiger partial charge in [-0.1, -0.05) is 5.16 Å². The molecular formula is C18H26N4O2. The van der Waals surface area contributed by atoms with Gasteiger partial charge in [0.25, 0.3) is 0 Å². The van der Waals surface area contributed by atoms with Crippen molar-refractivity contribution >= 4 is 5.91 Å². The Morgan fingerprint density at radius 3 is 2.79 bits per heavy atom. The molecule has 0 N–H and O–H groups in total. The van der Waals surface area contributed by atoms with E-state index in [1.165, 1.54) is 0 Å². The minimum Gasteiger partial charge on any atom is -0.361 e. The maximum Gasteiger partial charge on any atom is 0.222 e. The van der Waals surface area contributed by atoms with Crippen LogP contribution < -0.4 is 0 Å². The second-order valence-electron chi connectivity index (χ2n) is 6.83. The fourth-order valence-electron chi connectivity index (χ4n) is 3.68. The van der Waals surface area contributed by atoms with Crippen LogP contribution in [0.3, 0.4) is 0 Å². The molecule has 0 saturated carbocycles. The van der Waals surface area contributed by atoms with Crippen molar-refractivity contribution in [3.8, 4) is 0 Å². The van der Waals surface area contributed by atoms with Gasteiger partial charge in [0, 0.05) is 44.2 Å². The molecule has 1 unspecified atom stereocenters. The third kappa shape index (κ3) is 3.37. The fraction of sp³-hybridized carbons (Fsp3) is 0.611. The number of rotatable bonds is 4. The molecule has 3 rings (SSSR count). The van der Waals surface area contributed by atoms with Crippen LogP contribution >= 0.6 is 0 Å². The summed E-state index contributed by atoms with van der Waals surface area (Å²) in [5.74, 6) is 2.46. The molecule has 3 heterocycles. The summed E-state index contributed by atoms with van der Waals surface area (Å²) in [5, 5.41) is 3.96. The molecule has 0 bridgehead atoms. The van der Waals surface area contributed by atoms with Crippen LogP contribution in [0.4, 0.5) is 0 Å². The van der Waals surface area contributed by atoms with Crippen molar-refractivity contribution in [3.05, 3.63) is 34.7 Å². The second-order valence-corrected chi connectivity index (χ2v) is 6.83. The van der Waals surface area contributed by atoms with Gasteiger partial charge in [-0.3, -0.25) is 4.79 Å². The molecule has 130 valence electrons. The average Bonchev–Trinajstić information content (AvgIpc) is 3.07. The predicted octanol–water partition coefficient (Wildman–Crippen LogP) is 2.67. The molecule has 0 aromatic carbocycles. The van der Waals surface area contributed by atoms with Gasteiger partial charge in [0.15, 0.2) is 0 Å². The van der Waals surface area contributed by atoms with Crippen molar-refractivity contribution in [2.45, 2.75) is 52.4 Å². The summed E-state index contributed by atoms with van der Waals surface area (Å²) in [5.41, 5.74) is 2.99. The maximum absolute atomic E-state index is 12.6. The number of aromatic nitrogens is 3. The molecule has 6 nitrogen and oxygen atoms in total. The van der Waals surface area contributed by atoms with Gasteiger partial charge in [0.1, 0.15) is 11.6 Å². The predicted molar refractivity (Wildman–Crippen MR) is 90.8 cm³/mol. The third-order valence-electron chi connectivity index (χ3n) is 4.94. The smallest absolute Gasteiger partial charge is 0.222 e. The van der Waals surface area contributed by atoms with Crippen molar-refractivity contribution < 1.29 is 9.32 Å². The minimum absolute atomic E-state index is 0.214. The highest BCUT2D eigenvalue weighted by atomic mass is 16.5. The summed E-state index contributed by atoms with van der Waals surface area (Å²) in [6, 6.07) is 0. The van der Waals surface area contributed by atoms with Crippen LogP contribution in [-0.4, -0.2) is 38.6 Å². The molecule has 1 fully saturated rings. The summed E-state index contributed by atoms with van der Waals surface area (Å²) >= 11 is 0. The monoisotopic (exact) mass is 330 g/mol. The molecule has 2 aromatic rings. The van der Waals surface area contributed by atoms with Crippen molar-refractivity contribution in [1.82, 2.24) is 19.6 Å². The lowest BCUT2D eigenvalue weighted by Gasteiger charge is -2.32. The third-order valence-corrected chi connectivity index (χ3v) is 4.94. The van der Waals surface area contributed by atoms with E-state index in [-0.39, 0.29) is 5.91 Å². The van der Waals surface area contributed by atoms with E-state index in [0.717, 1.165) is 54.5 Å². The van der Waals surface area contributed by atoms with E-state index < -0.39 is 0 Å². The van der Waals surface area contributed by atoms with Crippen LogP contribution in [0, 0.1) is 20.8 Å². The fourth-order valence-corrected chi connectivity index (χ4v) is 3.68. The number of likely N-dealkylation sites (tertiary alicyclic amines) is 1. The van der Waals surface area contributed by atoms with Crippen LogP contribution in [0.5, 0.6) is 0 Å². The van der Waals surface area contributed by atoms with Gasteiger partial charge in [0.05, 0.1) is 11.4 Å². The average molecular weight is 330 g/mol. The van der Waals surface area contributed by atoms with Gasteiger partial charge in [0.2, 0.25) is 5.91 Å². The minimum atomic E-state index is 0.214. The van der Waals surface area contributed by atoms with Crippen molar-refractivity contribution in [2.75, 3.05) is 13.1 Å². The SMILES string of the molecule is Cc1cn(C)c(C2CCCN(C(=O)CCc3c(C)noc3C)C2)n1. The highest BCUT2D eigenvalue weighted by Crippen LogP contribution is 2.26. The first-order valence-corrected chi connectivity index (χ1v) is 8.65. The molecule has 0 aliphatic carbocycles. The lowest BCUT2D eigenvalue weighted by Crippen LogP contribution is -2.39. The van der Waals surface area contributed by atoms with Crippen LogP contribution in [0.1, 0.15) is 53.7 Å². The molecule has 6 heteroatoms. The Hall–Kier alpha value is -2.11. The van der Waals surface area contributed by atoms with E-state index in [0.29, 0.717) is 18.8 Å². The van der Waals surface area contributed by atoms with Gasteiger partial charge in [-0.25, -0.2) is 4.98 Å². The first-order chi connectivity index (χ1) is 11.5.